The molecule has 14 heavy (non-hydrogen) atoms. The largest absolute Gasteiger partial charge is 0.374 e. The average molecular weight is 241 g/mol. The van der Waals surface area contributed by atoms with E-state index in [1.165, 1.54) is 11.3 Å². The van der Waals surface area contributed by atoms with Crippen molar-refractivity contribution < 1.29 is 13.5 Å². The van der Waals surface area contributed by atoms with Crippen molar-refractivity contribution in [2.75, 3.05) is 25.1 Å². The summed E-state index contributed by atoms with van der Waals surface area (Å²) in [4.78, 5) is 0. The van der Waals surface area contributed by atoms with Gasteiger partial charge in [0.1, 0.15) is 6.61 Å². The zero-order valence-corrected chi connectivity index (χ0v) is 8.76. The summed E-state index contributed by atoms with van der Waals surface area (Å²) in [6, 6.07) is 0. The van der Waals surface area contributed by atoms with Gasteiger partial charge in [0.15, 0.2) is 3.95 Å². The number of hydrogen-bond donors (Lipinski definition) is 2. The van der Waals surface area contributed by atoms with Crippen LogP contribution in [0.3, 0.4) is 0 Å². The van der Waals surface area contributed by atoms with Crippen molar-refractivity contribution >= 4 is 28.7 Å². The molecule has 0 aliphatic heterocycles. The summed E-state index contributed by atoms with van der Waals surface area (Å²) in [6.07, 6.45) is -2.41. The van der Waals surface area contributed by atoms with Crippen LogP contribution in [0.5, 0.6) is 0 Å². The highest BCUT2D eigenvalue weighted by Gasteiger charge is 2.01. The Morgan fingerprint density at radius 3 is 3.00 bits per heavy atom. The van der Waals surface area contributed by atoms with Gasteiger partial charge in [-0.15, -0.1) is 5.10 Å². The highest BCUT2D eigenvalue weighted by molar-refractivity contribution is 7.73. The molecule has 0 amide bonds. The smallest absolute Gasteiger partial charge is 0.261 e. The third-order valence-electron chi connectivity index (χ3n) is 1.20. The monoisotopic (exact) mass is 241 g/mol. The van der Waals surface area contributed by atoms with Crippen LogP contribution in [0.25, 0.3) is 0 Å². The molecule has 8 heteroatoms. The Labute approximate surface area is 88.3 Å². The van der Waals surface area contributed by atoms with E-state index in [4.69, 9.17) is 12.2 Å². The first-order chi connectivity index (χ1) is 6.68. The van der Waals surface area contributed by atoms with Crippen molar-refractivity contribution in [3.63, 3.8) is 0 Å². The minimum atomic E-state index is -2.41. The van der Waals surface area contributed by atoms with Gasteiger partial charge >= 0.3 is 0 Å². The molecular formula is C6H9F2N3OS2. The molecule has 0 spiro atoms. The Morgan fingerprint density at radius 1 is 1.64 bits per heavy atom. The summed E-state index contributed by atoms with van der Waals surface area (Å²) in [6.45, 7) is 0.123. The predicted molar refractivity (Wildman–Crippen MR) is 52.6 cm³/mol. The Bertz CT molecular complexity index is 314. The molecule has 1 aromatic rings. The van der Waals surface area contributed by atoms with E-state index in [0.29, 0.717) is 15.6 Å². The number of nitrogens with zero attached hydrogens (tertiary/aromatic N) is 1. The van der Waals surface area contributed by atoms with Crippen LogP contribution in [-0.2, 0) is 4.74 Å². The van der Waals surface area contributed by atoms with Gasteiger partial charge in [-0.05, 0) is 12.2 Å². The number of rotatable bonds is 6. The van der Waals surface area contributed by atoms with Crippen molar-refractivity contribution in [3.8, 4) is 0 Å². The van der Waals surface area contributed by atoms with Gasteiger partial charge < -0.3 is 10.1 Å². The maximum absolute atomic E-state index is 11.6. The second-order valence-corrected chi connectivity index (χ2v) is 3.98. The van der Waals surface area contributed by atoms with Gasteiger partial charge in [0.05, 0.1) is 6.61 Å². The number of nitrogens with one attached hydrogen (secondary N) is 2. The van der Waals surface area contributed by atoms with E-state index in [9.17, 15) is 8.78 Å². The lowest BCUT2D eigenvalue weighted by Gasteiger charge is -2.03. The van der Waals surface area contributed by atoms with Crippen molar-refractivity contribution in [2.45, 2.75) is 6.43 Å². The number of aromatic nitrogens is 2. The molecule has 1 heterocycles. The molecule has 0 aliphatic rings. The summed E-state index contributed by atoms with van der Waals surface area (Å²) in [5.41, 5.74) is 0. The van der Waals surface area contributed by atoms with E-state index in [-0.39, 0.29) is 6.61 Å². The SMILES string of the molecule is FC(F)COCCNc1n[nH]c(=S)s1. The van der Waals surface area contributed by atoms with Crippen LogP contribution in [0.2, 0.25) is 0 Å². The normalized spacial score (nSPS) is 10.8. The van der Waals surface area contributed by atoms with E-state index >= 15 is 0 Å². The number of hydrogen-bond acceptors (Lipinski definition) is 5. The third kappa shape index (κ3) is 4.58. The zero-order valence-electron chi connectivity index (χ0n) is 7.13. The van der Waals surface area contributed by atoms with Crippen LogP contribution in [0.15, 0.2) is 0 Å². The molecule has 0 unspecified atom stereocenters. The fraction of sp³-hybridized carbons (Fsp3) is 0.667. The predicted octanol–water partition coefficient (Wildman–Crippen LogP) is 1.89. The van der Waals surface area contributed by atoms with E-state index in [1.54, 1.807) is 0 Å². The number of aromatic amines is 1. The van der Waals surface area contributed by atoms with E-state index in [2.05, 4.69) is 20.3 Å². The molecule has 80 valence electrons. The zero-order chi connectivity index (χ0) is 10.4. The van der Waals surface area contributed by atoms with Gasteiger partial charge in [0, 0.05) is 6.54 Å². The highest BCUT2D eigenvalue weighted by atomic mass is 32.1. The summed E-state index contributed by atoms with van der Waals surface area (Å²) < 4.78 is 28.4. The lowest BCUT2D eigenvalue weighted by molar-refractivity contribution is 0.0215. The number of anilines is 1. The molecular weight excluding hydrogens is 232 g/mol. The van der Waals surface area contributed by atoms with Crippen LogP contribution in [0.4, 0.5) is 13.9 Å². The molecule has 4 nitrogen and oxygen atoms in total. The Kier molecular flexibility index (Phi) is 4.91. The Hall–Kier alpha value is -0.600. The number of ether oxygens (including phenoxy) is 1. The number of H-pyrrole nitrogens is 1. The summed E-state index contributed by atoms with van der Waals surface area (Å²) in [5.74, 6) is 0. The second kappa shape index (κ2) is 5.99. The van der Waals surface area contributed by atoms with Crippen LogP contribution < -0.4 is 5.32 Å². The molecule has 0 aliphatic carbocycles. The second-order valence-electron chi connectivity index (χ2n) is 2.31. The molecule has 1 aromatic heterocycles. The van der Waals surface area contributed by atoms with Crippen molar-refractivity contribution in [3.05, 3.63) is 3.95 Å². The highest BCUT2D eigenvalue weighted by Crippen LogP contribution is 2.09. The molecule has 0 fully saturated rings. The quantitative estimate of drug-likeness (QED) is 0.590. The summed E-state index contributed by atoms with van der Waals surface area (Å²) in [7, 11) is 0. The standard InChI is InChI=1S/C6H9F2N3OS2/c7-4(8)3-12-2-1-9-5-10-11-6(13)14-5/h4H,1-3H2,(H,9,10)(H,11,13). The molecule has 0 saturated heterocycles. The van der Waals surface area contributed by atoms with Crippen LogP contribution in [0.1, 0.15) is 0 Å². The molecule has 0 atom stereocenters. The van der Waals surface area contributed by atoms with Crippen molar-refractivity contribution in [1.29, 1.82) is 0 Å². The third-order valence-corrected chi connectivity index (χ3v) is 2.25. The first-order valence-electron chi connectivity index (χ1n) is 3.84. The minimum absolute atomic E-state index is 0.219. The fourth-order valence-electron chi connectivity index (χ4n) is 0.708. The van der Waals surface area contributed by atoms with Gasteiger partial charge in [-0.3, -0.25) is 5.10 Å². The van der Waals surface area contributed by atoms with E-state index < -0.39 is 13.0 Å². The summed E-state index contributed by atoms with van der Waals surface area (Å²) >= 11 is 6.08. The van der Waals surface area contributed by atoms with Gasteiger partial charge in [-0.25, -0.2) is 8.78 Å². The molecule has 0 aromatic carbocycles. The van der Waals surface area contributed by atoms with Gasteiger partial charge in [-0.2, -0.15) is 0 Å². The topological polar surface area (TPSA) is 49.9 Å². The van der Waals surface area contributed by atoms with Crippen LogP contribution >= 0.6 is 23.6 Å². The minimum Gasteiger partial charge on any atom is -0.374 e. The van der Waals surface area contributed by atoms with Gasteiger partial charge in [0.2, 0.25) is 5.13 Å². The molecule has 0 saturated carbocycles. The van der Waals surface area contributed by atoms with Gasteiger partial charge in [0.25, 0.3) is 6.43 Å². The maximum Gasteiger partial charge on any atom is 0.261 e. The molecule has 1 rings (SSSR count). The van der Waals surface area contributed by atoms with Crippen LogP contribution in [0, 0.1) is 3.95 Å². The van der Waals surface area contributed by atoms with Crippen LogP contribution in [-0.4, -0.2) is 36.4 Å². The molecule has 0 radical (unpaired) electrons. The van der Waals surface area contributed by atoms with Crippen molar-refractivity contribution in [2.24, 2.45) is 0 Å². The first-order valence-corrected chi connectivity index (χ1v) is 5.06. The summed E-state index contributed by atoms with van der Waals surface area (Å²) in [5, 5.41) is 9.92. The van der Waals surface area contributed by atoms with E-state index in [0.717, 1.165) is 0 Å². The first kappa shape index (κ1) is 11.5. The average Bonchev–Trinajstić information content (AvgIpc) is 2.50. The van der Waals surface area contributed by atoms with E-state index in [1.807, 2.05) is 0 Å². The Balaban J connectivity index is 2.07. The van der Waals surface area contributed by atoms with Crippen molar-refractivity contribution in [1.82, 2.24) is 10.2 Å². The van der Waals surface area contributed by atoms with Gasteiger partial charge in [-0.1, -0.05) is 11.3 Å². The number of alkyl halides is 2. The molecule has 0 bridgehead atoms. The number of halogens is 2. The maximum atomic E-state index is 11.6. The lowest BCUT2D eigenvalue weighted by atomic mass is 10.7. The molecule has 2 N–H and O–H groups in total. The Morgan fingerprint density at radius 2 is 2.43 bits per heavy atom. The fourth-order valence-corrected chi connectivity index (χ4v) is 1.52. The lowest BCUT2D eigenvalue weighted by Crippen LogP contribution is -2.12.